The third-order valence-corrected chi connectivity index (χ3v) is 3.24. The first-order valence-electron chi connectivity index (χ1n) is 5.80. The van der Waals surface area contributed by atoms with E-state index < -0.39 is 0 Å². The Labute approximate surface area is 91.2 Å². The molecule has 3 nitrogen and oxygen atoms in total. The molecule has 1 fully saturated rings. The Balaban J connectivity index is 1.95. The topological polar surface area (TPSA) is 42.4 Å². The summed E-state index contributed by atoms with van der Waals surface area (Å²) in [6, 6.07) is 2.76. The lowest BCUT2D eigenvalue weighted by molar-refractivity contribution is 0.142. The molecule has 84 valence electrons. The third-order valence-electron chi connectivity index (χ3n) is 3.24. The lowest BCUT2D eigenvalue weighted by Crippen LogP contribution is -2.36. The zero-order chi connectivity index (χ0) is 10.7. The number of hydrogen-bond acceptors (Lipinski definition) is 3. The van der Waals surface area contributed by atoms with Gasteiger partial charge in [-0.3, -0.25) is 4.90 Å². The van der Waals surface area contributed by atoms with Gasteiger partial charge in [0, 0.05) is 18.2 Å². The van der Waals surface area contributed by atoms with E-state index in [1.165, 1.54) is 25.8 Å². The maximum absolute atomic E-state index is 5.55. The number of hydrogen-bond donors (Lipinski definition) is 1. The minimum absolute atomic E-state index is 0.569. The van der Waals surface area contributed by atoms with Crippen molar-refractivity contribution in [1.29, 1.82) is 0 Å². The molecule has 0 radical (unpaired) electrons. The van der Waals surface area contributed by atoms with Crippen LogP contribution in [0.25, 0.3) is 0 Å². The monoisotopic (exact) mass is 208 g/mol. The number of nitrogens with two attached hydrogens (primary N) is 1. The van der Waals surface area contributed by atoms with Crippen LogP contribution < -0.4 is 5.73 Å². The van der Waals surface area contributed by atoms with E-state index in [1.54, 1.807) is 6.26 Å². The van der Waals surface area contributed by atoms with Crippen molar-refractivity contribution < 1.29 is 4.42 Å². The van der Waals surface area contributed by atoms with Crippen LogP contribution in [-0.2, 0) is 13.1 Å². The summed E-state index contributed by atoms with van der Waals surface area (Å²) >= 11 is 0. The van der Waals surface area contributed by atoms with Crippen LogP contribution in [0.3, 0.4) is 0 Å². The average molecular weight is 208 g/mol. The summed E-state index contributed by atoms with van der Waals surface area (Å²) in [7, 11) is 0. The second-order valence-corrected chi connectivity index (χ2v) is 4.44. The fourth-order valence-electron chi connectivity index (χ4n) is 2.21. The Bertz CT molecular complexity index is 308. The number of furan rings is 1. The smallest absolute Gasteiger partial charge is 0.118 e. The molecule has 1 saturated heterocycles. The Morgan fingerprint density at radius 1 is 1.53 bits per heavy atom. The Kier molecular flexibility index (Phi) is 3.44. The second kappa shape index (κ2) is 4.81. The van der Waals surface area contributed by atoms with E-state index in [1.807, 2.05) is 0 Å². The van der Waals surface area contributed by atoms with E-state index in [4.69, 9.17) is 10.2 Å². The quantitative estimate of drug-likeness (QED) is 0.827. The summed E-state index contributed by atoms with van der Waals surface area (Å²) in [5.41, 5.74) is 6.64. The van der Waals surface area contributed by atoms with Crippen molar-refractivity contribution in [3.63, 3.8) is 0 Å². The summed E-state index contributed by atoms with van der Waals surface area (Å²) < 4.78 is 5.48. The Morgan fingerprint density at radius 2 is 2.40 bits per heavy atom. The van der Waals surface area contributed by atoms with Gasteiger partial charge in [0.1, 0.15) is 5.76 Å². The van der Waals surface area contributed by atoms with E-state index in [0.29, 0.717) is 12.6 Å². The van der Waals surface area contributed by atoms with Crippen LogP contribution in [0.5, 0.6) is 0 Å². The maximum Gasteiger partial charge on any atom is 0.118 e. The number of piperidine rings is 1. The minimum Gasteiger partial charge on any atom is -0.468 e. The van der Waals surface area contributed by atoms with Gasteiger partial charge in [-0.2, -0.15) is 0 Å². The third kappa shape index (κ3) is 2.61. The lowest BCUT2D eigenvalue weighted by atomic mass is 10.0. The van der Waals surface area contributed by atoms with Crippen LogP contribution in [0.1, 0.15) is 37.5 Å². The van der Waals surface area contributed by atoms with Crippen molar-refractivity contribution in [2.24, 2.45) is 5.73 Å². The van der Waals surface area contributed by atoms with Gasteiger partial charge in [-0.25, -0.2) is 0 Å². The molecule has 0 amide bonds. The molecule has 2 N–H and O–H groups in total. The summed E-state index contributed by atoms with van der Waals surface area (Å²) in [6.07, 6.45) is 5.76. The van der Waals surface area contributed by atoms with Gasteiger partial charge in [0.25, 0.3) is 0 Å². The molecule has 15 heavy (non-hydrogen) atoms. The summed E-state index contributed by atoms with van der Waals surface area (Å²) in [6.45, 7) is 4.99. The molecule has 0 spiro atoms. The van der Waals surface area contributed by atoms with E-state index in [-0.39, 0.29) is 0 Å². The van der Waals surface area contributed by atoms with Gasteiger partial charge in [0.05, 0.1) is 12.8 Å². The Morgan fingerprint density at radius 3 is 3.07 bits per heavy atom. The van der Waals surface area contributed by atoms with Crippen molar-refractivity contribution >= 4 is 0 Å². The molecule has 0 aliphatic carbocycles. The molecule has 1 aromatic heterocycles. The van der Waals surface area contributed by atoms with Crippen LogP contribution in [0, 0.1) is 0 Å². The summed E-state index contributed by atoms with van der Waals surface area (Å²) in [5.74, 6) is 1.05. The SMILES string of the molecule is CC1CCCCN1Cc1cc(CN)co1. The number of rotatable bonds is 3. The highest BCUT2D eigenvalue weighted by atomic mass is 16.3. The molecule has 0 saturated carbocycles. The van der Waals surface area contributed by atoms with E-state index in [0.717, 1.165) is 17.9 Å². The highest BCUT2D eigenvalue weighted by Crippen LogP contribution is 2.19. The molecule has 1 unspecified atom stereocenters. The summed E-state index contributed by atoms with van der Waals surface area (Å²) in [4.78, 5) is 2.49. The highest BCUT2D eigenvalue weighted by Gasteiger charge is 2.19. The molecule has 3 heteroatoms. The van der Waals surface area contributed by atoms with Crippen molar-refractivity contribution in [1.82, 2.24) is 4.90 Å². The van der Waals surface area contributed by atoms with Crippen molar-refractivity contribution in [3.8, 4) is 0 Å². The standard InChI is InChI=1S/C12H20N2O/c1-10-4-2-3-5-14(10)8-12-6-11(7-13)9-15-12/h6,9-10H,2-5,7-8,13H2,1H3. The fraction of sp³-hybridized carbons (Fsp3) is 0.667. The molecular formula is C12H20N2O. The molecular weight excluding hydrogens is 188 g/mol. The van der Waals surface area contributed by atoms with Crippen molar-refractivity contribution in [2.75, 3.05) is 6.54 Å². The van der Waals surface area contributed by atoms with Crippen LogP contribution in [0.15, 0.2) is 16.7 Å². The zero-order valence-corrected chi connectivity index (χ0v) is 9.41. The van der Waals surface area contributed by atoms with Crippen LogP contribution in [0.2, 0.25) is 0 Å². The van der Waals surface area contributed by atoms with Crippen LogP contribution in [-0.4, -0.2) is 17.5 Å². The largest absolute Gasteiger partial charge is 0.468 e. The fourth-order valence-corrected chi connectivity index (χ4v) is 2.21. The number of nitrogens with zero attached hydrogens (tertiary/aromatic N) is 1. The molecule has 1 atom stereocenters. The molecule has 0 bridgehead atoms. The van der Waals surface area contributed by atoms with Crippen LogP contribution >= 0.6 is 0 Å². The normalized spacial score (nSPS) is 23.2. The highest BCUT2D eigenvalue weighted by molar-refractivity contribution is 5.12. The van der Waals surface area contributed by atoms with Gasteiger partial charge >= 0.3 is 0 Å². The van der Waals surface area contributed by atoms with Gasteiger partial charge in [-0.15, -0.1) is 0 Å². The maximum atomic E-state index is 5.55. The molecule has 0 aromatic carbocycles. The van der Waals surface area contributed by atoms with E-state index >= 15 is 0 Å². The van der Waals surface area contributed by atoms with Gasteiger partial charge in [0.15, 0.2) is 0 Å². The molecule has 1 aliphatic rings. The van der Waals surface area contributed by atoms with Crippen LogP contribution in [0.4, 0.5) is 0 Å². The first kappa shape index (κ1) is 10.7. The molecule has 2 heterocycles. The average Bonchev–Trinajstić information content (AvgIpc) is 2.69. The first-order valence-corrected chi connectivity index (χ1v) is 5.80. The predicted molar refractivity (Wildman–Crippen MR) is 60.3 cm³/mol. The molecule has 2 rings (SSSR count). The van der Waals surface area contributed by atoms with Crippen molar-refractivity contribution in [3.05, 3.63) is 23.7 Å². The van der Waals surface area contributed by atoms with Gasteiger partial charge < -0.3 is 10.2 Å². The number of likely N-dealkylation sites (tertiary alicyclic amines) is 1. The second-order valence-electron chi connectivity index (χ2n) is 4.44. The van der Waals surface area contributed by atoms with E-state index in [9.17, 15) is 0 Å². The summed E-state index contributed by atoms with van der Waals surface area (Å²) in [5, 5.41) is 0. The van der Waals surface area contributed by atoms with E-state index in [2.05, 4.69) is 17.9 Å². The Hall–Kier alpha value is -0.800. The predicted octanol–water partition coefficient (Wildman–Crippen LogP) is 2.11. The molecule has 1 aromatic rings. The van der Waals surface area contributed by atoms with Gasteiger partial charge in [-0.1, -0.05) is 6.42 Å². The lowest BCUT2D eigenvalue weighted by Gasteiger charge is -2.32. The van der Waals surface area contributed by atoms with Gasteiger partial charge in [-0.05, 0) is 32.4 Å². The van der Waals surface area contributed by atoms with Gasteiger partial charge in [0.2, 0.25) is 0 Å². The minimum atomic E-state index is 0.569. The molecule has 1 aliphatic heterocycles. The first-order chi connectivity index (χ1) is 7.29. The zero-order valence-electron chi connectivity index (χ0n) is 9.41. The van der Waals surface area contributed by atoms with Crippen molar-refractivity contribution in [2.45, 2.75) is 45.3 Å².